The second kappa shape index (κ2) is 7.21. The molecule has 2 aliphatic heterocycles. The van der Waals surface area contributed by atoms with Gasteiger partial charge in [0, 0.05) is 24.7 Å². The van der Waals surface area contributed by atoms with Gasteiger partial charge < -0.3 is 19.7 Å². The van der Waals surface area contributed by atoms with Gasteiger partial charge >= 0.3 is 0 Å². The van der Waals surface area contributed by atoms with Crippen LogP contribution in [0.4, 0.5) is 0 Å². The molecule has 0 amide bonds. The Kier molecular flexibility index (Phi) is 4.99. The molecule has 2 heterocycles. The van der Waals surface area contributed by atoms with Crippen LogP contribution >= 0.6 is 0 Å². The zero-order valence-electron chi connectivity index (χ0n) is 25.4. The molecule has 2 N–H and O–H groups in total. The first-order valence-electron chi connectivity index (χ1n) is 15.8. The van der Waals surface area contributed by atoms with Gasteiger partial charge in [-0.25, -0.2) is 4.99 Å². The minimum Gasteiger partial charge on any atom is -0.472 e. The summed E-state index contributed by atoms with van der Waals surface area (Å²) in [7, 11) is 0. The quantitative estimate of drug-likeness (QED) is 0.439. The molecular weight excluding hydrogens is 474 g/mol. The Hall–Kier alpha value is -0.650. The lowest BCUT2D eigenvalue weighted by Crippen LogP contribution is -2.60. The Morgan fingerprint density at radius 3 is 2.32 bits per heavy atom. The molecular formula is C33H53NO4. The fourth-order valence-electron chi connectivity index (χ4n) is 13.8. The molecule has 5 heteroatoms. The maximum Gasteiger partial charge on any atom is 0.203 e. The van der Waals surface area contributed by atoms with Crippen molar-refractivity contribution in [3.63, 3.8) is 0 Å². The normalized spacial score (nSPS) is 59.8. The van der Waals surface area contributed by atoms with Gasteiger partial charge in [-0.15, -0.1) is 0 Å². The number of aliphatic imine (C=N–C) groups is 1. The van der Waals surface area contributed by atoms with Crippen LogP contribution in [0.1, 0.15) is 114 Å². The molecule has 13 atom stereocenters. The van der Waals surface area contributed by atoms with E-state index in [0.717, 1.165) is 18.7 Å². The van der Waals surface area contributed by atoms with Crippen molar-refractivity contribution >= 4 is 5.90 Å². The van der Waals surface area contributed by atoms with Gasteiger partial charge in [0.25, 0.3) is 0 Å². The molecule has 5 nitrogen and oxygen atoms in total. The number of hydrogen-bond acceptors (Lipinski definition) is 5. The topological polar surface area (TPSA) is 71.3 Å². The summed E-state index contributed by atoms with van der Waals surface area (Å²) in [5.74, 6) is 3.46. The van der Waals surface area contributed by atoms with E-state index in [0.29, 0.717) is 46.8 Å². The van der Waals surface area contributed by atoms with Crippen molar-refractivity contribution in [3.8, 4) is 0 Å². The van der Waals surface area contributed by atoms with Crippen LogP contribution in [-0.4, -0.2) is 45.7 Å². The third-order valence-corrected chi connectivity index (χ3v) is 14.9. The van der Waals surface area contributed by atoms with E-state index >= 15 is 0 Å². The average Bonchev–Trinajstić information content (AvgIpc) is 3.05. The minimum absolute atomic E-state index is 0.00845. The summed E-state index contributed by atoms with van der Waals surface area (Å²) in [6.45, 7) is 20.7. The molecule has 214 valence electrons. The van der Waals surface area contributed by atoms with Gasteiger partial charge in [-0.1, -0.05) is 41.5 Å². The van der Waals surface area contributed by atoms with E-state index in [-0.39, 0.29) is 34.6 Å². The van der Waals surface area contributed by atoms with Crippen LogP contribution in [0.25, 0.3) is 0 Å². The van der Waals surface area contributed by atoms with Gasteiger partial charge in [0.1, 0.15) is 0 Å². The highest BCUT2D eigenvalue weighted by Gasteiger charge is 2.90. The van der Waals surface area contributed by atoms with Crippen molar-refractivity contribution in [3.05, 3.63) is 0 Å². The minimum atomic E-state index is -0.767. The number of fused-ring (bicyclic) bond motifs is 4. The van der Waals surface area contributed by atoms with Gasteiger partial charge in [-0.3, -0.25) is 0 Å². The van der Waals surface area contributed by atoms with Crippen LogP contribution in [0.3, 0.4) is 0 Å². The van der Waals surface area contributed by atoms with E-state index in [4.69, 9.17) is 14.5 Å². The summed E-state index contributed by atoms with van der Waals surface area (Å²) < 4.78 is 14.0. The van der Waals surface area contributed by atoms with Crippen LogP contribution < -0.4 is 0 Å². The van der Waals surface area contributed by atoms with Crippen molar-refractivity contribution in [1.82, 2.24) is 0 Å². The maximum absolute atomic E-state index is 11.1. The Bertz CT molecular complexity index is 1080. The first-order valence-corrected chi connectivity index (χ1v) is 15.8. The Balaban J connectivity index is 1.34. The smallest absolute Gasteiger partial charge is 0.203 e. The molecule has 0 radical (unpaired) electrons. The van der Waals surface area contributed by atoms with Crippen molar-refractivity contribution in [2.75, 3.05) is 0 Å². The van der Waals surface area contributed by atoms with Crippen LogP contribution in [0.15, 0.2) is 4.99 Å². The second-order valence-electron chi connectivity index (χ2n) is 16.9. The van der Waals surface area contributed by atoms with E-state index in [2.05, 4.69) is 41.5 Å². The summed E-state index contributed by atoms with van der Waals surface area (Å²) in [6, 6.07) is 0. The Morgan fingerprint density at radius 1 is 0.974 bits per heavy atom. The third kappa shape index (κ3) is 2.61. The van der Waals surface area contributed by atoms with Crippen molar-refractivity contribution in [2.24, 2.45) is 61.7 Å². The molecule has 5 saturated carbocycles. The van der Waals surface area contributed by atoms with E-state index in [1.54, 1.807) is 0 Å². The summed E-state index contributed by atoms with van der Waals surface area (Å²) in [4.78, 5) is 5.31. The lowest BCUT2D eigenvalue weighted by molar-refractivity contribution is -0.208. The van der Waals surface area contributed by atoms with Crippen LogP contribution in [0.2, 0.25) is 0 Å². The third-order valence-electron chi connectivity index (χ3n) is 14.9. The molecule has 0 aromatic heterocycles. The molecule has 5 aliphatic carbocycles. The largest absolute Gasteiger partial charge is 0.472 e. The maximum atomic E-state index is 11.1. The van der Waals surface area contributed by atoms with Gasteiger partial charge in [0.15, 0.2) is 12.0 Å². The van der Waals surface area contributed by atoms with E-state index in [1.165, 1.54) is 32.1 Å². The van der Waals surface area contributed by atoms with Crippen LogP contribution in [0.5, 0.6) is 0 Å². The molecule has 3 spiro atoms. The molecule has 38 heavy (non-hydrogen) atoms. The highest BCUT2D eigenvalue weighted by atomic mass is 16.6. The van der Waals surface area contributed by atoms with Gasteiger partial charge in [0.2, 0.25) is 5.72 Å². The van der Waals surface area contributed by atoms with Crippen molar-refractivity contribution in [2.45, 2.75) is 143 Å². The predicted molar refractivity (Wildman–Crippen MR) is 148 cm³/mol. The number of ether oxygens (including phenoxy) is 2. The van der Waals surface area contributed by atoms with E-state index in [9.17, 15) is 10.2 Å². The van der Waals surface area contributed by atoms with Gasteiger partial charge in [-0.2, -0.15) is 0 Å². The van der Waals surface area contributed by atoms with Crippen molar-refractivity contribution in [1.29, 1.82) is 0 Å². The number of nitrogens with zero attached hydrogens (tertiary/aromatic N) is 1. The second-order valence-corrected chi connectivity index (χ2v) is 16.9. The van der Waals surface area contributed by atoms with E-state index in [1.807, 2.05) is 20.8 Å². The van der Waals surface area contributed by atoms with Crippen LogP contribution in [0, 0.1) is 56.7 Å². The number of aliphatic hydroxyl groups excluding tert-OH is 1. The highest BCUT2D eigenvalue weighted by Crippen LogP contribution is 2.92. The first kappa shape index (κ1) is 26.3. The molecule has 6 fully saturated rings. The number of hydrogen-bond donors (Lipinski definition) is 2. The standard InChI is InChI=1S/C33H53NO4/c1-18-16-21(17-27(4,5)36)38-33-25(18)29(8)14-15-32-19(2)31(32)13-12-24(35)28(6,7)22(31)10-11-23(32)30(29,9)26(33)37-20(3)34-33/h18-19,21-26,35-36H,10-17H2,1-9H3/t18?,19-,21-,22?,23+,24+,25?,26?,29-,30-,31?,32+,33?/m1/s1. The Morgan fingerprint density at radius 2 is 1.63 bits per heavy atom. The molecule has 0 bridgehead atoms. The van der Waals surface area contributed by atoms with Gasteiger partial charge in [0.05, 0.1) is 17.8 Å². The molecule has 0 aromatic rings. The highest BCUT2D eigenvalue weighted by molar-refractivity contribution is 5.76. The summed E-state index contributed by atoms with van der Waals surface area (Å²) in [5.41, 5.74) is -0.664. The van der Waals surface area contributed by atoms with Crippen molar-refractivity contribution < 1.29 is 19.7 Å². The Labute approximate surface area is 230 Å². The molecule has 7 aliphatic rings. The summed E-state index contributed by atoms with van der Waals surface area (Å²) in [5, 5.41) is 21.8. The number of aliphatic hydroxyl groups is 2. The fourth-order valence-corrected chi connectivity index (χ4v) is 13.8. The molecule has 6 unspecified atom stereocenters. The molecule has 7 rings (SSSR count). The predicted octanol–water partition coefficient (Wildman–Crippen LogP) is 6.35. The average molecular weight is 528 g/mol. The lowest BCUT2D eigenvalue weighted by Gasteiger charge is -2.63. The molecule has 1 saturated heterocycles. The monoisotopic (exact) mass is 527 g/mol. The zero-order valence-corrected chi connectivity index (χ0v) is 25.4. The lowest BCUT2D eigenvalue weighted by atomic mass is 9.41. The zero-order chi connectivity index (χ0) is 27.5. The van der Waals surface area contributed by atoms with Gasteiger partial charge in [-0.05, 0) is 104 Å². The molecule has 0 aromatic carbocycles. The number of rotatable bonds is 2. The summed E-state index contributed by atoms with van der Waals surface area (Å²) >= 11 is 0. The van der Waals surface area contributed by atoms with E-state index < -0.39 is 11.3 Å². The summed E-state index contributed by atoms with van der Waals surface area (Å²) in [6.07, 6.45) is 8.44. The fraction of sp³-hybridized carbons (Fsp3) is 0.970. The SMILES string of the molecule is CC1=NC23O[C@@H](CC(C)(C)O)CC(C)C2[C@@]2(C)CC[C@@]45[C@H](C)C46CC[C@H](O)C(C)(C)C6CC[C@H]5[C@]2(C)C3O1. The van der Waals surface area contributed by atoms with Crippen LogP contribution in [-0.2, 0) is 9.47 Å². The first-order chi connectivity index (χ1) is 17.5.